The van der Waals surface area contributed by atoms with Crippen LogP contribution in [0.5, 0.6) is 0 Å². The summed E-state index contributed by atoms with van der Waals surface area (Å²) in [4.78, 5) is 27.9. The molecule has 0 aliphatic heterocycles. The molecule has 1 heterocycles. The molecule has 0 bridgehead atoms. The third-order valence-corrected chi connectivity index (χ3v) is 3.08. The van der Waals surface area contributed by atoms with Crippen molar-refractivity contribution in [3.63, 3.8) is 0 Å². The van der Waals surface area contributed by atoms with E-state index in [1.807, 2.05) is 26.8 Å². The molecule has 0 spiro atoms. The standard InChI is InChI=1S/C17H22N4O3/c1-11(15(22)21-17(2,3)4)19-16(23)20-13-7-5-6-12(8-13)14-9-18-10-24-14/h5-11H,1-4H3,(H,21,22)(H2,19,20,23). The van der Waals surface area contributed by atoms with Gasteiger partial charge in [-0.1, -0.05) is 12.1 Å². The Hall–Kier alpha value is -2.83. The summed E-state index contributed by atoms with van der Waals surface area (Å²) in [6.07, 6.45) is 2.94. The van der Waals surface area contributed by atoms with Crippen molar-refractivity contribution in [2.24, 2.45) is 0 Å². The average molecular weight is 330 g/mol. The first-order valence-electron chi connectivity index (χ1n) is 7.63. The molecule has 0 saturated heterocycles. The molecule has 3 amide bonds. The van der Waals surface area contributed by atoms with Crippen LogP contribution in [0, 0.1) is 0 Å². The van der Waals surface area contributed by atoms with E-state index in [4.69, 9.17) is 4.42 Å². The second kappa shape index (κ2) is 7.16. The Labute approximate surface area is 140 Å². The summed E-state index contributed by atoms with van der Waals surface area (Å²) in [7, 11) is 0. The number of carbonyl (C=O) groups excluding carboxylic acids is 2. The lowest BCUT2D eigenvalue weighted by atomic mass is 10.1. The highest BCUT2D eigenvalue weighted by Gasteiger charge is 2.20. The number of rotatable bonds is 4. The minimum atomic E-state index is -0.651. The first-order chi connectivity index (χ1) is 11.2. The van der Waals surface area contributed by atoms with Gasteiger partial charge in [-0.25, -0.2) is 9.78 Å². The maximum Gasteiger partial charge on any atom is 0.319 e. The minimum absolute atomic E-state index is 0.243. The molecule has 1 atom stereocenters. The molecular formula is C17H22N4O3. The Balaban J connectivity index is 1.95. The van der Waals surface area contributed by atoms with Crippen LogP contribution in [-0.4, -0.2) is 28.5 Å². The van der Waals surface area contributed by atoms with Gasteiger partial charge in [-0.2, -0.15) is 0 Å². The Bertz CT molecular complexity index is 705. The zero-order valence-corrected chi connectivity index (χ0v) is 14.2. The lowest BCUT2D eigenvalue weighted by Crippen LogP contribution is -2.51. The van der Waals surface area contributed by atoms with Gasteiger partial charge in [0.05, 0.1) is 6.20 Å². The van der Waals surface area contributed by atoms with Gasteiger partial charge in [0.15, 0.2) is 12.2 Å². The highest BCUT2D eigenvalue weighted by atomic mass is 16.3. The highest BCUT2D eigenvalue weighted by molar-refractivity contribution is 5.94. The van der Waals surface area contributed by atoms with Crippen LogP contribution in [0.1, 0.15) is 27.7 Å². The van der Waals surface area contributed by atoms with Crippen molar-refractivity contribution >= 4 is 17.6 Å². The maximum absolute atomic E-state index is 12.1. The zero-order chi connectivity index (χ0) is 17.7. The molecule has 24 heavy (non-hydrogen) atoms. The van der Waals surface area contributed by atoms with E-state index in [0.29, 0.717) is 11.4 Å². The van der Waals surface area contributed by atoms with Gasteiger partial charge in [0.2, 0.25) is 5.91 Å². The number of aromatic nitrogens is 1. The largest absolute Gasteiger partial charge is 0.444 e. The van der Waals surface area contributed by atoms with Crippen molar-refractivity contribution in [2.75, 3.05) is 5.32 Å². The van der Waals surface area contributed by atoms with Gasteiger partial charge in [-0.3, -0.25) is 4.79 Å². The third-order valence-electron chi connectivity index (χ3n) is 3.08. The van der Waals surface area contributed by atoms with E-state index in [9.17, 15) is 9.59 Å². The van der Waals surface area contributed by atoms with Crippen molar-refractivity contribution in [3.8, 4) is 11.3 Å². The molecule has 1 aromatic carbocycles. The van der Waals surface area contributed by atoms with E-state index in [0.717, 1.165) is 5.56 Å². The predicted octanol–water partition coefficient (Wildman–Crippen LogP) is 2.77. The fraction of sp³-hybridized carbons (Fsp3) is 0.353. The molecule has 1 aromatic heterocycles. The number of amides is 3. The van der Waals surface area contributed by atoms with Gasteiger partial charge in [0.25, 0.3) is 0 Å². The summed E-state index contributed by atoms with van der Waals surface area (Å²) in [6, 6.07) is 6.05. The quantitative estimate of drug-likeness (QED) is 0.803. The van der Waals surface area contributed by atoms with Gasteiger partial charge < -0.3 is 20.4 Å². The van der Waals surface area contributed by atoms with Crippen molar-refractivity contribution in [1.29, 1.82) is 0 Å². The second-order valence-electron chi connectivity index (χ2n) is 6.51. The van der Waals surface area contributed by atoms with Gasteiger partial charge >= 0.3 is 6.03 Å². The molecule has 0 fully saturated rings. The van der Waals surface area contributed by atoms with Crippen molar-refractivity contribution in [2.45, 2.75) is 39.3 Å². The van der Waals surface area contributed by atoms with E-state index in [1.54, 1.807) is 31.3 Å². The van der Waals surface area contributed by atoms with Gasteiger partial charge in [-0.05, 0) is 39.8 Å². The van der Waals surface area contributed by atoms with Crippen molar-refractivity contribution < 1.29 is 14.0 Å². The minimum Gasteiger partial charge on any atom is -0.444 e. The number of nitrogens with one attached hydrogen (secondary N) is 3. The molecule has 3 N–H and O–H groups in total. The molecule has 0 aliphatic carbocycles. The monoisotopic (exact) mass is 330 g/mol. The van der Waals surface area contributed by atoms with Crippen LogP contribution in [0.25, 0.3) is 11.3 Å². The lowest BCUT2D eigenvalue weighted by Gasteiger charge is -2.23. The third kappa shape index (κ3) is 5.12. The van der Waals surface area contributed by atoms with Crippen LogP contribution in [0.3, 0.4) is 0 Å². The van der Waals surface area contributed by atoms with Crippen LogP contribution in [0.15, 0.2) is 41.3 Å². The number of oxazole rings is 1. The Morgan fingerprint density at radius 2 is 2.00 bits per heavy atom. The highest BCUT2D eigenvalue weighted by Crippen LogP contribution is 2.21. The summed E-state index contributed by atoms with van der Waals surface area (Å²) in [5.74, 6) is 0.366. The Morgan fingerprint density at radius 1 is 1.25 bits per heavy atom. The fourth-order valence-electron chi connectivity index (χ4n) is 2.02. The number of hydrogen-bond donors (Lipinski definition) is 3. The van der Waals surface area contributed by atoms with Gasteiger partial charge in [0, 0.05) is 16.8 Å². The molecule has 0 saturated carbocycles. The summed E-state index contributed by atoms with van der Waals surface area (Å²) in [5, 5.41) is 8.12. The van der Waals surface area contributed by atoms with Crippen LogP contribution in [0.2, 0.25) is 0 Å². The summed E-state index contributed by atoms with van der Waals surface area (Å²) >= 11 is 0. The van der Waals surface area contributed by atoms with Crippen LogP contribution >= 0.6 is 0 Å². The SMILES string of the molecule is CC(NC(=O)Nc1cccc(-c2cnco2)c1)C(=O)NC(C)(C)C. The zero-order valence-electron chi connectivity index (χ0n) is 14.2. The predicted molar refractivity (Wildman–Crippen MR) is 91.5 cm³/mol. The summed E-state index contributed by atoms with van der Waals surface area (Å²) in [6.45, 7) is 7.28. The molecule has 7 nitrogen and oxygen atoms in total. The first kappa shape index (κ1) is 17.5. The lowest BCUT2D eigenvalue weighted by molar-refractivity contribution is -0.123. The van der Waals surface area contributed by atoms with E-state index in [1.165, 1.54) is 6.39 Å². The number of hydrogen-bond acceptors (Lipinski definition) is 4. The van der Waals surface area contributed by atoms with E-state index in [2.05, 4.69) is 20.9 Å². The second-order valence-corrected chi connectivity index (χ2v) is 6.51. The van der Waals surface area contributed by atoms with Gasteiger partial charge in [0.1, 0.15) is 6.04 Å². The summed E-state index contributed by atoms with van der Waals surface area (Å²) in [5.41, 5.74) is 1.03. The smallest absolute Gasteiger partial charge is 0.319 e. The molecular weight excluding hydrogens is 308 g/mol. The number of nitrogens with zero attached hydrogens (tertiary/aromatic N) is 1. The molecule has 0 aliphatic rings. The van der Waals surface area contributed by atoms with Crippen LogP contribution < -0.4 is 16.0 Å². The van der Waals surface area contributed by atoms with Crippen molar-refractivity contribution in [1.82, 2.24) is 15.6 Å². The molecule has 0 radical (unpaired) electrons. The molecule has 1 unspecified atom stereocenters. The van der Waals surface area contributed by atoms with Gasteiger partial charge in [-0.15, -0.1) is 0 Å². The Kier molecular flexibility index (Phi) is 5.23. The number of benzene rings is 1. The van der Waals surface area contributed by atoms with Crippen LogP contribution in [-0.2, 0) is 4.79 Å². The molecule has 128 valence electrons. The number of urea groups is 1. The average Bonchev–Trinajstić information content (AvgIpc) is 2.99. The maximum atomic E-state index is 12.1. The topological polar surface area (TPSA) is 96.3 Å². The number of anilines is 1. The van der Waals surface area contributed by atoms with Crippen LogP contribution in [0.4, 0.5) is 10.5 Å². The molecule has 7 heteroatoms. The summed E-state index contributed by atoms with van der Waals surface area (Å²) < 4.78 is 5.23. The fourth-order valence-corrected chi connectivity index (χ4v) is 2.02. The first-order valence-corrected chi connectivity index (χ1v) is 7.63. The van der Waals surface area contributed by atoms with Crippen molar-refractivity contribution in [3.05, 3.63) is 36.9 Å². The van der Waals surface area contributed by atoms with E-state index >= 15 is 0 Å². The molecule has 2 aromatic rings. The molecule has 2 rings (SSSR count). The number of carbonyl (C=O) groups is 2. The normalized spacial score (nSPS) is 12.3. The van der Waals surface area contributed by atoms with E-state index < -0.39 is 12.1 Å². The van der Waals surface area contributed by atoms with E-state index in [-0.39, 0.29) is 11.4 Å². The Morgan fingerprint density at radius 3 is 2.62 bits per heavy atom.